The van der Waals surface area contributed by atoms with E-state index in [0.717, 1.165) is 12.0 Å². The predicted octanol–water partition coefficient (Wildman–Crippen LogP) is 4.47. The van der Waals surface area contributed by atoms with Crippen LogP contribution in [0.15, 0.2) is 58.8 Å². The molecule has 126 valence electrons. The molecule has 0 radical (unpaired) electrons. The van der Waals surface area contributed by atoms with Crippen LogP contribution >= 0.6 is 11.8 Å². The number of thioether (sulfide) groups is 1. The van der Waals surface area contributed by atoms with Gasteiger partial charge in [-0.15, -0.1) is 11.8 Å². The first kappa shape index (κ1) is 17.0. The maximum atomic E-state index is 13.9. The van der Waals surface area contributed by atoms with Crippen molar-refractivity contribution in [2.75, 3.05) is 14.2 Å². The molecule has 3 nitrogen and oxygen atoms in total. The monoisotopic (exact) mass is 346 g/mol. The third-order valence-electron chi connectivity index (χ3n) is 4.18. The van der Waals surface area contributed by atoms with E-state index in [1.165, 1.54) is 18.9 Å². The summed E-state index contributed by atoms with van der Waals surface area (Å²) in [4.78, 5) is 13.3. The fourth-order valence-electron chi connectivity index (χ4n) is 2.82. The molecule has 2 unspecified atom stereocenters. The van der Waals surface area contributed by atoms with Gasteiger partial charge in [0.1, 0.15) is 17.7 Å². The summed E-state index contributed by atoms with van der Waals surface area (Å²) in [6, 6.07) is 7.13. The second-order valence-electron chi connectivity index (χ2n) is 5.67. The van der Waals surface area contributed by atoms with Gasteiger partial charge in [0.25, 0.3) is 0 Å². The van der Waals surface area contributed by atoms with E-state index in [2.05, 4.69) is 0 Å². The Morgan fingerprint density at radius 3 is 2.79 bits per heavy atom. The van der Waals surface area contributed by atoms with Gasteiger partial charge in [0.05, 0.1) is 12.0 Å². The van der Waals surface area contributed by atoms with Gasteiger partial charge in [-0.2, -0.15) is 0 Å². The van der Waals surface area contributed by atoms with E-state index < -0.39 is 6.10 Å². The summed E-state index contributed by atoms with van der Waals surface area (Å²) in [6.07, 6.45) is 6.26. The van der Waals surface area contributed by atoms with Gasteiger partial charge in [0.15, 0.2) is 5.78 Å². The highest BCUT2D eigenvalue weighted by Gasteiger charge is 2.28. The summed E-state index contributed by atoms with van der Waals surface area (Å²) < 4.78 is 24.2. The molecule has 1 aliphatic carbocycles. The average Bonchev–Trinajstić information content (AvgIpc) is 3.11. The molecule has 0 saturated carbocycles. The standard InChI is InChI=1S/C19H19FO3S/c1-22-14-5-3-4-13(10-14)19(21)18-9-8-17(24-18)12-6-7-16(23-2)15(20)11-12/h3-6,9-11,16-17H,7-8H2,1-2H3. The topological polar surface area (TPSA) is 35.5 Å². The number of Topliss-reactive ketones (excluding diaryl/α,β-unsaturated/α-hetero) is 1. The van der Waals surface area contributed by atoms with Crippen molar-refractivity contribution in [3.63, 3.8) is 0 Å². The second kappa shape index (κ2) is 7.36. The van der Waals surface area contributed by atoms with Crippen molar-refractivity contribution in [1.82, 2.24) is 0 Å². The van der Waals surface area contributed by atoms with E-state index in [-0.39, 0.29) is 16.9 Å². The van der Waals surface area contributed by atoms with Gasteiger partial charge in [-0.25, -0.2) is 4.39 Å². The van der Waals surface area contributed by atoms with Crippen LogP contribution in [0.4, 0.5) is 4.39 Å². The summed E-state index contributed by atoms with van der Waals surface area (Å²) >= 11 is 1.49. The highest BCUT2D eigenvalue weighted by atomic mass is 32.2. The molecule has 0 bridgehead atoms. The van der Waals surface area contributed by atoms with E-state index in [1.807, 2.05) is 18.2 Å². The van der Waals surface area contributed by atoms with Gasteiger partial charge >= 0.3 is 0 Å². The van der Waals surface area contributed by atoms with Crippen molar-refractivity contribution >= 4 is 17.5 Å². The van der Waals surface area contributed by atoms with Gasteiger partial charge in [-0.1, -0.05) is 24.3 Å². The molecular formula is C19H19FO3S. The first-order chi connectivity index (χ1) is 11.6. The maximum absolute atomic E-state index is 13.9. The third kappa shape index (κ3) is 3.47. The Bertz CT molecular complexity index is 736. The Morgan fingerprint density at radius 2 is 2.08 bits per heavy atom. The molecule has 0 aromatic heterocycles. The number of carbonyl (C=O) groups is 1. The van der Waals surface area contributed by atoms with Gasteiger partial charge < -0.3 is 9.47 Å². The molecule has 0 spiro atoms. The number of ketones is 1. The number of halogens is 1. The zero-order chi connectivity index (χ0) is 17.1. The molecule has 24 heavy (non-hydrogen) atoms. The minimum atomic E-state index is -0.481. The summed E-state index contributed by atoms with van der Waals surface area (Å²) in [7, 11) is 3.08. The van der Waals surface area contributed by atoms with E-state index in [1.54, 1.807) is 31.4 Å². The Hall–Kier alpha value is -1.85. The van der Waals surface area contributed by atoms with Gasteiger partial charge in [-0.05, 0) is 36.6 Å². The van der Waals surface area contributed by atoms with E-state index in [4.69, 9.17) is 9.47 Å². The molecule has 0 fully saturated rings. The zero-order valence-corrected chi connectivity index (χ0v) is 14.4. The SMILES string of the molecule is COc1cccc(C(=O)C2=CCC(C3=CCC(OC)C(F)=C3)S2)c1. The van der Waals surface area contributed by atoms with Crippen molar-refractivity contribution in [2.45, 2.75) is 24.2 Å². The second-order valence-corrected chi connectivity index (χ2v) is 6.91. The smallest absolute Gasteiger partial charge is 0.199 e. The van der Waals surface area contributed by atoms with Crippen molar-refractivity contribution in [3.05, 3.63) is 64.4 Å². The van der Waals surface area contributed by atoms with Crippen molar-refractivity contribution in [3.8, 4) is 5.75 Å². The fourth-order valence-corrected chi connectivity index (χ4v) is 4.04. The van der Waals surface area contributed by atoms with Crippen LogP contribution < -0.4 is 4.74 Å². The molecular weight excluding hydrogens is 327 g/mol. The number of carbonyl (C=O) groups excluding carboxylic acids is 1. The van der Waals surface area contributed by atoms with E-state index in [0.29, 0.717) is 22.6 Å². The van der Waals surface area contributed by atoms with Gasteiger partial charge in [0.2, 0.25) is 0 Å². The normalized spacial score (nSPS) is 23.4. The molecule has 1 aromatic rings. The lowest BCUT2D eigenvalue weighted by Crippen LogP contribution is -2.16. The van der Waals surface area contributed by atoms with Crippen molar-refractivity contribution < 1.29 is 18.7 Å². The van der Waals surface area contributed by atoms with Crippen LogP contribution in [0.3, 0.4) is 0 Å². The molecule has 0 N–H and O–H groups in total. The highest BCUT2D eigenvalue weighted by molar-refractivity contribution is 8.05. The molecule has 0 amide bonds. The number of ether oxygens (including phenoxy) is 2. The molecule has 3 rings (SSSR count). The minimum absolute atomic E-state index is 0.0166. The Labute approximate surface area is 145 Å². The third-order valence-corrected chi connectivity index (χ3v) is 5.53. The lowest BCUT2D eigenvalue weighted by Gasteiger charge is -2.20. The predicted molar refractivity (Wildman–Crippen MR) is 94.1 cm³/mol. The molecule has 1 aliphatic heterocycles. The van der Waals surface area contributed by atoms with Crippen molar-refractivity contribution in [1.29, 1.82) is 0 Å². The summed E-state index contributed by atoms with van der Waals surface area (Å²) in [5.41, 5.74) is 1.53. The van der Waals surface area contributed by atoms with Crippen LogP contribution in [0.2, 0.25) is 0 Å². The van der Waals surface area contributed by atoms with Crippen LogP contribution in [0.5, 0.6) is 5.75 Å². The number of methoxy groups -OCH3 is 2. The Balaban J connectivity index is 1.69. The first-order valence-corrected chi connectivity index (χ1v) is 8.66. The van der Waals surface area contributed by atoms with Gasteiger partial charge in [0, 0.05) is 17.9 Å². The van der Waals surface area contributed by atoms with E-state index >= 15 is 0 Å². The quantitative estimate of drug-likeness (QED) is 0.737. The van der Waals surface area contributed by atoms with Crippen molar-refractivity contribution in [2.24, 2.45) is 0 Å². The average molecular weight is 346 g/mol. The highest BCUT2D eigenvalue weighted by Crippen LogP contribution is 2.40. The molecule has 2 atom stereocenters. The Kier molecular flexibility index (Phi) is 5.21. The Morgan fingerprint density at radius 1 is 1.25 bits per heavy atom. The molecule has 1 heterocycles. The van der Waals surface area contributed by atoms with Crippen LogP contribution in [0.25, 0.3) is 0 Å². The number of allylic oxidation sites excluding steroid dienone is 3. The molecule has 5 heteroatoms. The fraction of sp³-hybridized carbons (Fsp3) is 0.316. The summed E-state index contributed by atoms with van der Waals surface area (Å²) in [5.74, 6) is 0.395. The van der Waals surface area contributed by atoms with Gasteiger partial charge in [-0.3, -0.25) is 4.79 Å². The van der Waals surface area contributed by atoms with Crippen LogP contribution in [0.1, 0.15) is 23.2 Å². The van der Waals surface area contributed by atoms with Crippen LogP contribution in [-0.2, 0) is 4.74 Å². The lowest BCUT2D eigenvalue weighted by atomic mass is 9.99. The number of benzene rings is 1. The molecule has 1 aromatic carbocycles. The van der Waals surface area contributed by atoms with Crippen LogP contribution in [-0.4, -0.2) is 31.4 Å². The number of hydrogen-bond donors (Lipinski definition) is 0. The summed E-state index contributed by atoms with van der Waals surface area (Å²) in [5, 5.41) is 0.0816. The zero-order valence-electron chi connectivity index (χ0n) is 13.6. The van der Waals surface area contributed by atoms with E-state index in [9.17, 15) is 9.18 Å². The maximum Gasteiger partial charge on any atom is 0.199 e. The number of hydrogen-bond acceptors (Lipinski definition) is 4. The molecule has 0 saturated heterocycles. The lowest BCUT2D eigenvalue weighted by molar-refractivity contribution is 0.104. The largest absolute Gasteiger partial charge is 0.497 e. The summed E-state index contributed by atoms with van der Waals surface area (Å²) in [6.45, 7) is 0. The molecule has 2 aliphatic rings. The number of rotatable bonds is 5. The minimum Gasteiger partial charge on any atom is -0.497 e. The first-order valence-electron chi connectivity index (χ1n) is 7.78. The van der Waals surface area contributed by atoms with Crippen LogP contribution in [0, 0.1) is 0 Å².